The maximum atomic E-state index is 14.8. The highest BCUT2D eigenvalue weighted by atomic mass is 32.3. The first kappa shape index (κ1) is 27.3. The fraction of sp³-hybridized carbons (Fsp3) is 0.400. The van der Waals surface area contributed by atoms with Crippen LogP contribution in [0.4, 0.5) is 19.3 Å². The summed E-state index contributed by atoms with van der Waals surface area (Å²) in [5.41, 5.74) is 1.29. The summed E-state index contributed by atoms with van der Waals surface area (Å²) in [6.45, 7) is 2.38. The van der Waals surface area contributed by atoms with Crippen LogP contribution in [0.1, 0.15) is 30.5 Å². The zero-order chi connectivity index (χ0) is 26.6. The first-order valence-corrected chi connectivity index (χ1v) is 14.3. The quantitative estimate of drug-likeness (QED) is 0.482. The number of halogens is 2. The number of rotatable bonds is 8. The molecule has 1 aliphatic rings. The molecule has 0 aliphatic carbocycles. The van der Waals surface area contributed by atoms with Crippen molar-refractivity contribution < 1.29 is 33.0 Å². The lowest BCUT2D eigenvalue weighted by molar-refractivity contribution is -0.136. The molecule has 1 atom stereocenters. The SMILES string of the molecule is CCOc1ccc2c(c1)CCN(C(=O)NCCC(=O)O)[C@H]2C(=O)Nc1cc(F)c(S(C)(C)C)c(F)c1. The highest BCUT2D eigenvalue weighted by Crippen LogP contribution is 2.48. The van der Waals surface area contributed by atoms with Gasteiger partial charge in [-0.25, -0.2) is 23.6 Å². The predicted molar refractivity (Wildman–Crippen MR) is 135 cm³/mol. The molecule has 0 saturated heterocycles. The molecule has 2 aromatic rings. The zero-order valence-electron chi connectivity index (χ0n) is 20.7. The molecule has 1 aliphatic heterocycles. The van der Waals surface area contributed by atoms with E-state index < -0.39 is 45.6 Å². The van der Waals surface area contributed by atoms with Crippen LogP contribution in [-0.2, 0) is 16.0 Å². The number of hydrogen-bond acceptors (Lipinski definition) is 4. The highest BCUT2D eigenvalue weighted by molar-refractivity contribution is 8.32. The molecule has 2 aromatic carbocycles. The van der Waals surface area contributed by atoms with Gasteiger partial charge in [0.2, 0.25) is 0 Å². The van der Waals surface area contributed by atoms with E-state index in [0.29, 0.717) is 24.3 Å². The number of amides is 3. The van der Waals surface area contributed by atoms with Crippen LogP contribution < -0.4 is 15.4 Å². The molecule has 196 valence electrons. The molecular weight excluding hydrogens is 492 g/mol. The van der Waals surface area contributed by atoms with Gasteiger partial charge in [-0.15, -0.1) is 0 Å². The van der Waals surface area contributed by atoms with Crippen LogP contribution in [0.15, 0.2) is 35.2 Å². The van der Waals surface area contributed by atoms with Crippen LogP contribution in [0.2, 0.25) is 0 Å². The molecular formula is C25H31F2N3O5S. The average molecular weight is 524 g/mol. The van der Waals surface area contributed by atoms with Crippen molar-refractivity contribution in [2.45, 2.75) is 30.7 Å². The number of urea groups is 1. The van der Waals surface area contributed by atoms with E-state index in [2.05, 4.69) is 10.6 Å². The lowest BCUT2D eigenvalue weighted by atomic mass is 9.91. The van der Waals surface area contributed by atoms with E-state index in [9.17, 15) is 23.2 Å². The third-order valence-electron chi connectivity index (χ3n) is 5.66. The number of ether oxygens (including phenoxy) is 1. The Hall–Kier alpha value is -3.34. The van der Waals surface area contributed by atoms with E-state index >= 15 is 0 Å². The van der Waals surface area contributed by atoms with Crippen molar-refractivity contribution in [3.63, 3.8) is 0 Å². The second-order valence-corrected chi connectivity index (χ2v) is 13.2. The Morgan fingerprint density at radius 3 is 2.39 bits per heavy atom. The van der Waals surface area contributed by atoms with Crippen molar-refractivity contribution in [3.05, 3.63) is 53.1 Å². The van der Waals surface area contributed by atoms with E-state index in [4.69, 9.17) is 9.84 Å². The Labute approximate surface area is 210 Å². The Morgan fingerprint density at radius 2 is 1.81 bits per heavy atom. The molecule has 0 fully saturated rings. The number of anilines is 1. The first-order valence-electron chi connectivity index (χ1n) is 11.4. The molecule has 0 radical (unpaired) electrons. The summed E-state index contributed by atoms with van der Waals surface area (Å²) in [5.74, 6) is -2.59. The molecule has 3 N–H and O–H groups in total. The van der Waals surface area contributed by atoms with Gasteiger partial charge in [-0.1, -0.05) is 6.07 Å². The second-order valence-electron chi connectivity index (χ2n) is 9.11. The van der Waals surface area contributed by atoms with Crippen LogP contribution in [0.25, 0.3) is 0 Å². The molecule has 0 aromatic heterocycles. The van der Waals surface area contributed by atoms with Gasteiger partial charge < -0.3 is 25.4 Å². The summed E-state index contributed by atoms with van der Waals surface area (Å²) in [6.07, 6.45) is 5.47. The van der Waals surface area contributed by atoms with Gasteiger partial charge in [-0.3, -0.25) is 9.59 Å². The Kier molecular flexibility index (Phi) is 8.44. The fourth-order valence-electron chi connectivity index (χ4n) is 4.17. The summed E-state index contributed by atoms with van der Waals surface area (Å²) >= 11 is 0. The molecule has 0 bridgehead atoms. The molecule has 0 unspecified atom stereocenters. The number of nitrogens with zero attached hydrogens (tertiary/aromatic N) is 1. The average Bonchev–Trinajstić information content (AvgIpc) is 2.76. The van der Waals surface area contributed by atoms with Gasteiger partial charge >= 0.3 is 12.0 Å². The van der Waals surface area contributed by atoms with Crippen molar-refractivity contribution in [1.29, 1.82) is 0 Å². The highest BCUT2D eigenvalue weighted by Gasteiger charge is 2.36. The predicted octanol–water partition coefficient (Wildman–Crippen LogP) is 4.14. The van der Waals surface area contributed by atoms with Crippen LogP contribution in [0.5, 0.6) is 5.75 Å². The first-order chi connectivity index (χ1) is 16.9. The topological polar surface area (TPSA) is 108 Å². The zero-order valence-corrected chi connectivity index (χ0v) is 21.5. The van der Waals surface area contributed by atoms with Crippen molar-refractivity contribution >= 4 is 33.6 Å². The van der Waals surface area contributed by atoms with E-state index in [1.54, 1.807) is 37.0 Å². The van der Waals surface area contributed by atoms with Crippen molar-refractivity contribution in [3.8, 4) is 5.75 Å². The van der Waals surface area contributed by atoms with Gasteiger partial charge in [0.1, 0.15) is 23.4 Å². The maximum absolute atomic E-state index is 14.8. The number of carbonyl (C=O) groups excluding carboxylic acids is 2. The number of aliphatic carboxylic acids is 1. The Bertz CT molecular complexity index is 1150. The van der Waals surface area contributed by atoms with Crippen LogP contribution in [0, 0.1) is 11.6 Å². The lowest BCUT2D eigenvalue weighted by Gasteiger charge is -2.36. The number of carboxylic acid groups (broad SMARTS) is 1. The van der Waals surface area contributed by atoms with Gasteiger partial charge in [-0.05, 0) is 67.5 Å². The Morgan fingerprint density at radius 1 is 1.14 bits per heavy atom. The molecule has 0 spiro atoms. The second kappa shape index (κ2) is 11.2. The standard InChI is InChI=1S/C25H31F2N3O5S/c1-5-35-17-6-7-18-15(12-17)9-11-30(25(34)28-10-8-21(31)32)22(18)24(33)29-16-13-19(26)23(20(27)14-16)36(2,3)4/h6-7,12-14,22H,5,8-11H2,1-4H3,(H,28,34)(H,29,33)(H,31,32)/t22-/m1/s1. The van der Waals surface area contributed by atoms with Gasteiger partial charge in [0.25, 0.3) is 5.91 Å². The van der Waals surface area contributed by atoms with Crippen molar-refractivity contribution in [2.75, 3.05) is 43.8 Å². The summed E-state index contributed by atoms with van der Waals surface area (Å²) in [7, 11) is -1.69. The molecule has 8 nitrogen and oxygen atoms in total. The molecule has 0 saturated carbocycles. The number of fused-ring (bicyclic) bond motifs is 1. The number of carboxylic acids is 1. The van der Waals surface area contributed by atoms with E-state index in [-0.39, 0.29) is 30.1 Å². The molecule has 11 heteroatoms. The summed E-state index contributed by atoms with van der Waals surface area (Å²) in [5, 5.41) is 13.9. The lowest BCUT2D eigenvalue weighted by Crippen LogP contribution is -2.49. The van der Waals surface area contributed by atoms with Crippen LogP contribution in [0.3, 0.4) is 0 Å². The van der Waals surface area contributed by atoms with Crippen molar-refractivity contribution in [2.24, 2.45) is 0 Å². The van der Waals surface area contributed by atoms with Crippen LogP contribution in [-0.4, -0.2) is 66.4 Å². The van der Waals surface area contributed by atoms with Crippen LogP contribution >= 0.6 is 10.0 Å². The van der Waals surface area contributed by atoms with E-state index in [1.165, 1.54) is 4.90 Å². The minimum Gasteiger partial charge on any atom is -0.494 e. The summed E-state index contributed by atoms with van der Waals surface area (Å²) in [4.78, 5) is 38.4. The minimum atomic E-state index is -1.69. The van der Waals surface area contributed by atoms with Crippen molar-refractivity contribution in [1.82, 2.24) is 10.2 Å². The minimum absolute atomic E-state index is 0.00796. The maximum Gasteiger partial charge on any atom is 0.318 e. The smallest absolute Gasteiger partial charge is 0.318 e. The van der Waals surface area contributed by atoms with E-state index in [1.807, 2.05) is 6.92 Å². The number of nitrogens with one attached hydrogen (secondary N) is 2. The largest absolute Gasteiger partial charge is 0.494 e. The molecule has 36 heavy (non-hydrogen) atoms. The summed E-state index contributed by atoms with van der Waals surface area (Å²) in [6, 6.07) is 5.62. The third-order valence-corrected chi connectivity index (χ3v) is 7.27. The molecule has 3 amide bonds. The van der Waals surface area contributed by atoms with E-state index in [0.717, 1.165) is 17.7 Å². The van der Waals surface area contributed by atoms with Gasteiger partial charge in [-0.2, -0.15) is 0 Å². The van der Waals surface area contributed by atoms with Gasteiger partial charge in [0, 0.05) is 18.8 Å². The molecule has 3 rings (SSSR count). The number of carbonyl (C=O) groups is 3. The Balaban J connectivity index is 1.93. The normalized spacial score (nSPS) is 15.6. The fourth-order valence-corrected chi connectivity index (χ4v) is 5.45. The van der Waals surface area contributed by atoms with Gasteiger partial charge in [0.05, 0.1) is 17.9 Å². The number of hydrogen-bond donors (Lipinski definition) is 3. The van der Waals surface area contributed by atoms with Gasteiger partial charge in [0.15, 0.2) is 0 Å². The molecule has 1 heterocycles. The summed E-state index contributed by atoms with van der Waals surface area (Å²) < 4.78 is 35.1. The third kappa shape index (κ3) is 6.26. The number of benzene rings is 2. The monoisotopic (exact) mass is 523 g/mol.